The van der Waals surface area contributed by atoms with E-state index < -0.39 is 48.4 Å². The average Bonchev–Trinajstić information content (AvgIpc) is 2.75. The monoisotopic (exact) mass is 457 g/mol. The van der Waals surface area contributed by atoms with E-state index in [9.17, 15) is 24.3 Å². The van der Waals surface area contributed by atoms with Crippen LogP contribution in [0.1, 0.15) is 53.4 Å². The quantitative estimate of drug-likeness (QED) is 0.0882. The van der Waals surface area contributed by atoms with Gasteiger partial charge in [0, 0.05) is 6.54 Å². The van der Waals surface area contributed by atoms with Crippen molar-refractivity contribution in [1.82, 2.24) is 16.0 Å². The minimum Gasteiger partial charge on any atom is -0.480 e. The minimum atomic E-state index is -1.15. The van der Waals surface area contributed by atoms with Gasteiger partial charge < -0.3 is 38.3 Å². The predicted molar refractivity (Wildman–Crippen MR) is 121 cm³/mol. The fraction of sp³-hybridized carbons (Fsp3) is 0.750. The molecule has 10 N–H and O–H groups in total. The van der Waals surface area contributed by atoms with E-state index in [1.807, 2.05) is 20.8 Å². The Morgan fingerprint density at radius 3 is 2.06 bits per heavy atom. The Kier molecular flexibility index (Phi) is 13.6. The summed E-state index contributed by atoms with van der Waals surface area (Å²) in [5.74, 6) is -3.31. The summed E-state index contributed by atoms with van der Waals surface area (Å²) >= 11 is 0. The molecule has 0 spiro atoms. The summed E-state index contributed by atoms with van der Waals surface area (Å²) in [5, 5.41) is 16.7. The number of carbonyl (C=O) groups excluding carboxylic acids is 3. The van der Waals surface area contributed by atoms with Crippen LogP contribution in [0.3, 0.4) is 0 Å². The molecule has 0 fully saturated rings. The SMILES string of the molecule is CCC(C)C(N)C(=O)NC(CCCN=C(N)N)C(=O)NCC(=O)NC(C(=O)O)C(C)CC. The number of nitrogens with two attached hydrogens (primary N) is 3. The molecule has 12 heteroatoms. The van der Waals surface area contributed by atoms with Crippen molar-refractivity contribution in [2.24, 2.45) is 34.0 Å². The van der Waals surface area contributed by atoms with Crippen LogP contribution in [0.15, 0.2) is 4.99 Å². The van der Waals surface area contributed by atoms with Gasteiger partial charge in [-0.25, -0.2) is 4.79 Å². The van der Waals surface area contributed by atoms with Crippen molar-refractivity contribution < 1.29 is 24.3 Å². The van der Waals surface area contributed by atoms with Crippen LogP contribution in [0.25, 0.3) is 0 Å². The van der Waals surface area contributed by atoms with Gasteiger partial charge in [-0.15, -0.1) is 0 Å². The Morgan fingerprint density at radius 1 is 0.969 bits per heavy atom. The Balaban J connectivity index is 5.06. The molecule has 32 heavy (non-hydrogen) atoms. The van der Waals surface area contributed by atoms with E-state index in [2.05, 4.69) is 20.9 Å². The van der Waals surface area contributed by atoms with E-state index in [4.69, 9.17) is 17.2 Å². The van der Waals surface area contributed by atoms with Crippen LogP contribution in [-0.4, -0.2) is 66.0 Å². The Labute approximate surface area is 189 Å². The zero-order valence-electron chi connectivity index (χ0n) is 19.4. The number of aliphatic carboxylic acids is 1. The minimum absolute atomic E-state index is 0.0835. The maximum atomic E-state index is 12.6. The third kappa shape index (κ3) is 10.9. The van der Waals surface area contributed by atoms with Gasteiger partial charge in [0.2, 0.25) is 17.7 Å². The fourth-order valence-electron chi connectivity index (χ4n) is 2.75. The first-order valence-corrected chi connectivity index (χ1v) is 10.9. The Bertz CT molecular complexity index is 667. The van der Waals surface area contributed by atoms with E-state index in [0.717, 1.165) is 0 Å². The second-order valence-electron chi connectivity index (χ2n) is 7.91. The summed E-state index contributed by atoms with van der Waals surface area (Å²) in [5.41, 5.74) is 16.5. The number of nitrogens with one attached hydrogen (secondary N) is 3. The molecule has 0 saturated heterocycles. The van der Waals surface area contributed by atoms with E-state index in [0.29, 0.717) is 19.3 Å². The average molecular weight is 458 g/mol. The van der Waals surface area contributed by atoms with E-state index >= 15 is 0 Å². The van der Waals surface area contributed by atoms with E-state index in [-0.39, 0.29) is 30.8 Å². The number of nitrogens with zero attached hydrogens (tertiary/aromatic N) is 1. The van der Waals surface area contributed by atoms with Gasteiger partial charge in [-0.2, -0.15) is 0 Å². The molecule has 0 aromatic heterocycles. The lowest BCUT2D eigenvalue weighted by atomic mass is 9.98. The van der Waals surface area contributed by atoms with Crippen LogP contribution < -0.4 is 33.2 Å². The molecule has 0 bridgehead atoms. The number of hydrogen-bond acceptors (Lipinski definition) is 6. The van der Waals surface area contributed by atoms with Crippen LogP contribution in [0.2, 0.25) is 0 Å². The Hall–Kier alpha value is -2.89. The van der Waals surface area contributed by atoms with Gasteiger partial charge in [0.1, 0.15) is 12.1 Å². The van der Waals surface area contributed by atoms with Gasteiger partial charge in [-0.3, -0.25) is 19.4 Å². The van der Waals surface area contributed by atoms with Crippen molar-refractivity contribution in [2.75, 3.05) is 13.1 Å². The highest BCUT2D eigenvalue weighted by molar-refractivity contribution is 5.92. The van der Waals surface area contributed by atoms with E-state index in [1.54, 1.807) is 6.92 Å². The van der Waals surface area contributed by atoms with Crippen LogP contribution in [0, 0.1) is 11.8 Å². The number of carboxylic acids is 1. The lowest BCUT2D eigenvalue weighted by Crippen LogP contribution is -2.55. The summed E-state index contributed by atoms with van der Waals surface area (Å²) in [6, 6.07) is -2.80. The van der Waals surface area contributed by atoms with Gasteiger partial charge in [0.25, 0.3) is 0 Å². The normalized spacial score (nSPS) is 15.4. The third-order valence-corrected chi connectivity index (χ3v) is 5.36. The smallest absolute Gasteiger partial charge is 0.326 e. The van der Waals surface area contributed by atoms with Crippen molar-refractivity contribution in [3.05, 3.63) is 0 Å². The summed E-state index contributed by atoms with van der Waals surface area (Å²) in [6.07, 6.45) is 1.87. The molecular formula is C20H39N7O5. The first kappa shape index (κ1) is 29.1. The molecule has 0 heterocycles. The van der Waals surface area contributed by atoms with Crippen molar-refractivity contribution >= 4 is 29.7 Å². The zero-order valence-corrected chi connectivity index (χ0v) is 19.4. The maximum Gasteiger partial charge on any atom is 0.326 e. The Morgan fingerprint density at radius 2 is 1.56 bits per heavy atom. The lowest BCUT2D eigenvalue weighted by molar-refractivity contribution is -0.143. The third-order valence-electron chi connectivity index (χ3n) is 5.36. The standard InChI is InChI=1S/C20H39N7O5/c1-5-11(3)15(21)18(30)26-13(8-7-9-24-20(22)23)17(29)25-10-14(28)27-16(19(31)32)12(4)6-2/h11-13,15-16H,5-10,21H2,1-4H3,(H,25,29)(H,26,30)(H,27,28)(H,31,32)(H4,22,23,24). The number of carbonyl (C=O) groups is 4. The number of hydrogen-bond donors (Lipinski definition) is 7. The number of carboxylic acid groups (broad SMARTS) is 1. The number of aliphatic imine (C=N–C) groups is 1. The second kappa shape index (κ2) is 15.0. The van der Waals surface area contributed by atoms with Crippen molar-refractivity contribution in [2.45, 2.75) is 71.5 Å². The van der Waals surface area contributed by atoms with Crippen molar-refractivity contribution in [1.29, 1.82) is 0 Å². The molecule has 3 amide bonds. The first-order chi connectivity index (χ1) is 14.9. The van der Waals surface area contributed by atoms with Crippen molar-refractivity contribution in [3.63, 3.8) is 0 Å². The summed E-state index contributed by atoms with van der Waals surface area (Å²) in [7, 11) is 0. The molecule has 0 aliphatic carbocycles. The van der Waals surface area contributed by atoms with Crippen LogP contribution in [0.5, 0.6) is 0 Å². The van der Waals surface area contributed by atoms with Gasteiger partial charge in [0.05, 0.1) is 12.6 Å². The van der Waals surface area contributed by atoms with Gasteiger partial charge in [-0.05, 0) is 24.7 Å². The number of guanidine groups is 1. The summed E-state index contributed by atoms with van der Waals surface area (Å²) in [6.45, 7) is 7.08. The highest BCUT2D eigenvalue weighted by Gasteiger charge is 2.28. The summed E-state index contributed by atoms with van der Waals surface area (Å²) in [4.78, 5) is 52.4. The molecule has 0 rings (SSSR count). The number of rotatable bonds is 15. The number of amides is 3. The predicted octanol–water partition coefficient (Wildman–Crippen LogP) is -1.37. The molecule has 184 valence electrons. The molecule has 0 aliphatic rings. The lowest BCUT2D eigenvalue weighted by Gasteiger charge is -2.23. The van der Waals surface area contributed by atoms with E-state index in [1.165, 1.54) is 0 Å². The molecule has 0 saturated carbocycles. The van der Waals surface area contributed by atoms with Crippen molar-refractivity contribution in [3.8, 4) is 0 Å². The molecule has 12 nitrogen and oxygen atoms in total. The van der Waals surface area contributed by atoms with Gasteiger partial charge >= 0.3 is 5.97 Å². The van der Waals surface area contributed by atoms with Gasteiger partial charge in [0.15, 0.2) is 5.96 Å². The van der Waals surface area contributed by atoms with Crippen LogP contribution in [0.4, 0.5) is 0 Å². The molecular weight excluding hydrogens is 418 g/mol. The fourth-order valence-corrected chi connectivity index (χ4v) is 2.75. The second-order valence-corrected chi connectivity index (χ2v) is 7.91. The summed E-state index contributed by atoms with van der Waals surface area (Å²) < 4.78 is 0. The highest BCUT2D eigenvalue weighted by Crippen LogP contribution is 2.08. The largest absolute Gasteiger partial charge is 0.480 e. The van der Waals surface area contributed by atoms with Crippen LogP contribution in [-0.2, 0) is 19.2 Å². The highest BCUT2D eigenvalue weighted by atomic mass is 16.4. The topological polar surface area (TPSA) is 215 Å². The van der Waals surface area contributed by atoms with Gasteiger partial charge in [-0.1, -0.05) is 40.5 Å². The molecule has 0 aromatic carbocycles. The van der Waals surface area contributed by atoms with Crippen LogP contribution >= 0.6 is 0 Å². The molecule has 0 aromatic rings. The molecule has 0 radical (unpaired) electrons. The maximum absolute atomic E-state index is 12.6. The molecule has 0 aliphatic heterocycles. The molecule has 5 atom stereocenters. The first-order valence-electron chi connectivity index (χ1n) is 10.9. The zero-order chi connectivity index (χ0) is 24.8. The molecule has 5 unspecified atom stereocenters.